The molecule has 1 saturated heterocycles. The summed E-state index contributed by atoms with van der Waals surface area (Å²) in [5.41, 5.74) is 3.65. The van der Waals surface area contributed by atoms with Gasteiger partial charge in [0.2, 0.25) is 0 Å². The number of ether oxygens (including phenoxy) is 1. The fourth-order valence-corrected chi connectivity index (χ4v) is 3.41. The molecule has 4 aromatic rings. The number of pyridine rings is 2. The second-order valence-electron chi connectivity index (χ2n) is 6.55. The van der Waals surface area contributed by atoms with Gasteiger partial charge in [0.15, 0.2) is 5.76 Å². The van der Waals surface area contributed by atoms with Gasteiger partial charge in [-0.3, -0.25) is 9.78 Å². The summed E-state index contributed by atoms with van der Waals surface area (Å²) in [5, 5.41) is 8.57. The van der Waals surface area contributed by atoms with Crippen molar-refractivity contribution >= 4 is 11.4 Å². The molecule has 8 nitrogen and oxygen atoms in total. The Balaban J connectivity index is 1.42. The van der Waals surface area contributed by atoms with E-state index in [9.17, 15) is 4.79 Å². The van der Waals surface area contributed by atoms with Crippen LogP contribution in [0.1, 0.15) is 22.4 Å². The molecule has 0 unspecified atom stereocenters. The van der Waals surface area contributed by atoms with Crippen LogP contribution in [0.5, 0.6) is 0 Å². The number of fused-ring (bicyclic) bond motifs is 1. The van der Waals surface area contributed by atoms with Crippen molar-refractivity contribution in [3.63, 3.8) is 0 Å². The van der Waals surface area contributed by atoms with Crippen LogP contribution in [0.25, 0.3) is 16.6 Å². The van der Waals surface area contributed by atoms with Crippen molar-refractivity contribution in [2.75, 3.05) is 19.7 Å². The van der Waals surface area contributed by atoms with Crippen LogP contribution in [0.15, 0.2) is 65.7 Å². The zero-order valence-corrected chi connectivity index (χ0v) is 14.9. The lowest BCUT2D eigenvalue weighted by Gasteiger charge is -2.31. The molecule has 0 aliphatic carbocycles. The van der Waals surface area contributed by atoms with Gasteiger partial charge in [0, 0.05) is 30.7 Å². The average molecular weight is 375 g/mol. The molecule has 1 aliphatic rings. The number of morpholine rings is 1. The lowest BCUT2D eigenvalue weighted by atomic mass is 10.1. The van der Waals surface area contributed by atoms with E-state index in [-0.39, 0.29) is 12.0 Å². The van der Waals surface area contributed by atoms with Crippen LogP contribution in [0.4, 0.5) is 0 Å². The number of hydrogen-bond acceptors (Lipinski definition) is 6. The van der Waals surface area contributed by atoms with Gasteiger partial charge in [-0.05, 0) is 35.9 Å². The summed E-state index contributed by atoms with van der Waals surface area (Å²) >= 11 is 0. The Kier molecular flexibility index (Phi) is 4.10. The highest BCUT2D eigenvalue weighted by atomic mass is 16.5. The van der Waals surface area contributed by atoms with Crippen LogP contribution < -0.4 is 0 Å². The van der Waals surface area contributed by atoms with Gasteiger partial charge in [0.1, 0.15) is 11.8 Å². The molecule has 5 heterocycles. The minimum absolute atomic E-state index is 0.144. The first kappa shape index (κ1) is 16.6. The number of carbonyl (C=O) groups excluding carboxylic acids is 1. The maximum Gasteiger partial charge on any atom is 0.289 e. The molecule has 8 heteroatoms. The number of furan rings is 1. The van der Waals surface area contributed by atoms with Crippen LogP contribution in [0.3, 0.4) is 0 Å². The van der Waals surface area contributed by atoms with Crippen LogP contribution in [-0.4, -0.2) is 50.3 Å². The van der Waals surface area contributed by atoms with Gasteiger partial charge in [0.05, 0.1) is 24.9 Å². The van der Waals surface area contributed by atoms with E-state index < -0.39 is 0 Å². The average Bonchev–Trinajstić information content (AvgIpc) is 3.43. The van der Waals surface area contributed by atoms with Crippen molar-refractivity contribution in [3.8, 4) is 11.1 Å². The molecule has 0 spiro atoms. The smallest absolute Gasteiger partial charge is 0.289 e. The van der Waals surface area contributed by atoms with E-state index in [1.807, 2.05) is 30.5 Å². The van der Waals surface area contributed by atoms with Crippen LogP contribution in [0, 0.1) is 0 Å². The quantitative estimate of drug-likeness (QED) is 0.547. The van der Waals surface area contributed by atoms with Crippen LogP contribution in [0.2, 0.25) is 0 Å². The number of carbonyl (C=O) groups is 1. The molecule has 1 fully saturated rings. The third kappa shape index (κ3) is 2.93. The van der Waals surface area contributed by atoms with Crippen molar-refractivity contribution in [2.24, 2.45) is 0 Å². The molecule has 0 saturated carbocycles. The first-order valence-corrected chi connectivity index (χ1v) is 8.99. The third-order valence-corrected chi connectivity index (χ3v) is 4.84. The predicted octanol–water partition coefficient (Wildman–Crippen LogP) is 2.60. The third-order valence-electron chi connectivity index (χ3n) is 4.84. The summed E-state index contributed by atoms with van der Waals surface area (Å²) in [6.45, 7) is 1.35. The molecule has 5 rings (SSSR count). The summed E-state index contributed by atoms with van der Waals surface area (Å²) in [6, 6.07) is 11.3. The molecule has 0 aromatic carbocycles. The maximum absolute atomic E-state index is 12.6. The molecule has 0 radical (unpaired) electrons. The second-order valence-corrected chi connectivity index (χ2v) is 6.55. The summed E-state index contributed by atoms with van der Waals surface area (Å²) < 4.78 is 12.9. The zero-order valence-electron chi connectivity index (χ0n) is 14.9. The van der Waals surface area contributed by atoms with Gasteiger partial charge < -0.3 is 14.1 Å². The number of aromatic nitrogens is 4. The molecule has 28 heavy (non-hydrogen) atoms. The van der Waals surface area contributed by atoms with Crippen molar-refractivity contribution < 1.29 is 13.9 Å². The van der Waals surface area contributed by atoms with E-state index in [1.165, 1.54) is 6.26 Å². The Morgan fingerprint density at radius 3 is 2.82 bits per heavy atom. The lowest BCUT2D eigenvalue weighted by molar-refractivity contribution is -0.0250. The largest absolute Gasteiger partial charge is 0.459 e. The first-order valence-electron chi connectivity index (χ1n) is 8.99. The van der Waals surface area contributed by atoms with Crippen molar-refractivity contribution in [1.82, 2.24) is 24.7 Å². The molecule has 1 amide bonds. The highest BCUT2D eigenvalue weighted by Gasteiger charge is 2.30. The fourth-order valence-electron chi connectivity index (χ4n) is 3.41. The van der Waals surface area contributed by atoms with E-state index in [1.54, 1.807) is 33.9 Å². The van der Waals surface area contributed by atoms with Gasteiger partial charge in [-0.2, -0.15) is 0 Å². The predicted molar refractivity (Wildman–Crippen MR) is 99.5 cm³/mol. The normalized spacial score (nSPS) is 17.1. The summed E-state index contributed by atoms with van der Waals surface area (Å²) in [7, 11) is 0. The van der Waals surface area contributed by atoms with E-state index in [0.29, 0.717) is 25.5 Å². The highest BCUT2D eigenvalue weighted by molar-refractivity contribution is 5.91. The molecule has 0 bridgehead atoms. The molecular weight excluding hydrogens is 358 g/mol. The SMILES string of the molecule is O=C(c1ccco1)N1CCO[C@@H](c2nnn3cc(-c4ccncc4)ccc23)C1. The maximum atomic E-state index is 12.6. The van der Waals surface area contributed by atoms with E-state index in [2.05, 4.69) is 15.3 Å². The Hall–Kier alpha value is -3.52. The molecule has 1 atom stereocenters. The van der Waals surface area contributed by atoms with Crippen molar-refractivity contribution in [2.45, 2.75) is 6.10 Å². The second kappa shape index (κ2) is 6.90. The van der Waals surface area contributed by atoms with Crippen molar-refractivity contribution in [1.29, 1.82) is 0 Å². The van der Waals surface area contributed by atoms with Crippen LogP contribution >= 0.6 is 0 Å². The minimum atomic E-state index is -0.336. The molecule has 4 aromatic heterocycles. The Morgan fingerprint density at radius 2 is 2.00 bits per heavy atom. The van der Waals surface area contributed by atoms with Gasteiger partial charge >= 0.3 is 0 Å². The van der Waals surface area contributed by atoms with E-state index in [0.717, 1.165) is 22.3 Å². The summed E-state index contributed by atoms with van der Waals surface area (Å²) in [4.78, 5) is 18.3. The van der Waals surface area contributed by atoms with E-state index in [4.69, 9.17) is 9.15 Å². The molecule has 140 valence electrons. The first-order chi connectivity index (χ1) is 13.8. The Morgan fingerprint density at radius 1 is 1.11 bits per heavy atom. The van der Waals surface area contributed by atoms with Gasteiger partial charge in [-0.25, -0.2) is 4.52 Å². The molecular formula is C20H17N5O3. The van der Waals surface area contributed by atoms with E-state index >= 15 is 0 Å². The van der Waals surface area contributed by atoms with Gasteiger partial charge in [-0.15, -0.1) is 5.10 Å². The fraction of sp³-hybridized carbons (Fsp3) is 0.200. The zero-order chi connectivity index (χ0) is 18.9. The lowest BCUT2D eigenvalue weighted by Crippen LogP contribution is -2.42. The Labute approximate surface area is 160 Å². The number of hydrogen-bond donors (Lipinski definition) is 0. The minimum Gasteiger partial charge on any atom is -0.459 e. The number of rotatable bonds is 3. The molecule has 1 aliphatic heterocycles. The summed E-state index contributed by atoms with van der Waals surface area (Å²) in [6.07, 6.45) is 6.60. The number of nitrogens with zero attached hydrogens (tertiary/aromatic N) is 5. The standard InChI is InChI=1S/C20H17N5O3/c26-20(17-2-1-10-27-17)24-9-11-28-18(13-24)19-16-4-3-15(12-25(16)23-22-19)14-5-7-21-8-6-14/h1-8,10,12,18H,9,11,13H2/t18-/m1/s1. The van der Waals surface area contributed by atoms with Crippen molar-refractivity contribution in [3.05, 3.63) is 72.7 Å². The van der Waals surface area contributed by atoms with Gasteiger partial charge in [-0.1, -0.05) is 11.3 Å². The van der Waals surface area contributed by atoms with Gasteiger partial charge in [0.25, 0.3) is 5.91 Å². The summed E-state index contributed by atoms with van der Waals surface area (Å²) in [5.74, 6) is 0.185. The topological polar surface area (TPSA) is 85.8 Å². The highest BCUT2D eigenvalue weighted by Crippen LogP contribution is 2.27. The Bertz CT molecular complexity index is 1110. The number of amides is 1. The monoisotopic (exact) mass is 375 g/mol. The molecule has 0 N–H and O–H groups in total. The van der Waals surface area contributed by atoms with Crippen LogP contribution in [-0.2, 0) is 4.74 Å².